The molecule has 2 aliphatic rings. The van der Waals surface area contributed by atoms with Crippen LogP contribution in [0.5, 0.6) is 0 Å². The molecule has 0 aromatic carbocycles. The summed E-state index contributed by atoms with van der Waals surface area (Å²) in [5.74, 6) is 1.00. The van der Waals surface area contributed by atoms with E-state index in [0.29, 0.717) is 11.8 Å². The van der Waals surface area contributed by atoms with Gasteiger partial charge in [-0.05, 0) is 49.5 Å². The molecule has 0 amide bonds. The van der Waals surface area contributed by atoms with Gasteiger partial charge in [0.05, 0.1) is 6.54 Å². The fourth-order valence-corrected chi connectivity index (χ4v) is 4.81. The summed E-state index contributed by atoms with van der Waals surface area (Å²) < 4.78 is 1.99. The molecule has 1 saturated heterocycles. The molecule has 4 heteroatoms. The SMILES string of the molecule is C=C(CN1CCNCC1)[C@@H]1CC[C@@](C)(C(=C)C)[C@H](C(=C)Cn2cccn2)C1. The van der Waals surface area contributed by atoms with E-state index in [0.717, 1.165) is 52.1 Å². The van der Waals surface area contributed by atoms with Crippen LogP contribution < -0.4 is 5.32 Å². The summed E-state index contributed by atoms with van der Waals surface area (Å²) >= 11 is 0. The molecule has 0 radical (unpaired) electrons. The van der Waals surface area contributed by atoms with Crippen molar-refractivity contribution in [1.82, 2.24) is 20.0 Å². The average molecular weight is 369 g/mol. The Morgan fingerprint density at radius 2 is 1.93 bits per heavy atom. The van der Waals surface area contributed by atoms with E-state index in [1.54, 1.807) is 0 Å². The highest BCUT2D eigenvalue weighted by molar-refractivity contribution is 5.22. The Kier molecular flexibility index (Phi) is 6.38. The van der Waals surface area contributed by atoms with E-state index < -0.39 is 0 Å². The van der Waals surface area contributed by atoms with Crippen LogP contribution in [0.25, 0.3) is 0 Å². The number of rotatable bonds is 7. The minimum absolute atomic E-state index is 0.121. The lowest BCUT2D eigenvalue weighted by Crippen LogP contribution is -2.45. The molecule has 0 spiro atoms. The Morgan fingerprint density at radius 1 is 1.19 bits per heavy atom. The molecule has 1 aliphatic carbocycles. The molecule has 3 atom stereocenters. The maximum atomic E-state index is 4.50. The lowest BCUT2D eigenvalue weighted by Gasteiger charge is -2.47. The summed E-state index contributed by atoms with van der Waals surface area (Å²) in [5.41, 5.74) is 4.07. The molecule has 2 fully saturated rings. The third kappa shape index (κ3) is 4.61. The Balaban J connectivity index is 1.69. The van der Waals surface area contributed by atoms with E-state index >= 15 is 0 Å². The summed E-state index contributed by atoms with van der Waals surface area (Å²) in [6.07, 6.45) is 7.36. The number of hydrogen-bond donors (Lipinski definition) is 1. The van der Waals surface area contributed by atoms with Crippen molar-refractivity contribution in [3.05, 3.63) is 54.9 Å². The van der Waals surface area contributed by atoms with Gasteiger partial charge in [-0.1, -0.05) is 43.4 Å². The van der Waals surface area contributed by atoms with Crippen molar-refractivity contribution in [3.63, 3.8) is 0 Å². The highest BCUT2D eigenvalue weighted by Crippen LogP contribution is 2.51. The molecule has 148 valence electrons. The van der Waals surface area contributed by atoms with Crippen LogP contribution >= 0.6 is 0 Å². The molecule has 3 rings (SSSR count). The summed E-state index contributed by atoms with van der Waals surface area (Å²) in [7, 11) is 0. The maximum Gasteiger partial charge on any atom is 0.0619 e. The zero-order chi connectivity index (χ0) is 19.4. The molecule has 1 aromatic rings. The fourth-order valence-electron chi connectivity index (χ4n) is 4.81. The summed E-state index contributed by atoms with van der Waals surface area (Å²) in [5, 5.41) is 7.81. The van der Waals surface area contributed by atoms with Crippen molar-refractivity contribution >= 4 is 0 Å². The van der Waals surface area contributed by atoms with E-state index in [2.05, 4.69) is 48.9 Å². The molecular formula is C23H36N4. The van der Waals surface area contributed by atoms with Crippen LogP contribution in [0.3, 0.4) is 0 Å². The van der Waals surface area contributed by atoms with E-state index in [1.165, 1.54) is 23.1 Å². The first kappa shape index (κ1) is 20.1. The van der Waals surface area contributed by atoms with Crippen molar-refractivity contribution in [2.24, 2.45) is 17.3 Å². The lowest BCUT2D eigenvalue weighted by molar-refractivity contribution is 0.145. The van der Waals surface area contributed by atoms with Gasteiger partial charge in [0.15, 0.2) is 0 Å². The zero-order valence-corrected chi connectivity index (χ0v) is 17.2. The number of hydrogen-bond acceptors (Lipinski definition) is 3. The van der Waals surface area contributed by atoms with E-state index in [-0.39, 0.29) is 5.41 Å². The fraction of sp³-hybridized carbons (Fsp3) is 0.609. The van der Waals surface area contributed by atoms with Crippen LogP contribution in [0.15, 0.2) is 54.9 Å². The van der Waals surface area contributed by atoms with Gasteiger partial charge in [0.1, 0.15) is 0 Å². The van der Waals surface area contributed by atoms with Crippen LogP contribution in [0, 0.1) is 17.3 Å². The largest absolute Gasteiger partial charge is 0.314 e. The van der Waals surface area contributed by atoms with Crippen LogP contribution in [0.4, 0.5) is 0 Å². The molecule has 1 aliphatic heterocycles. The highest BCUT2D eigenvalue weighted by atomic mass is 15.3. The van der Waals surface area contributed by atoms with Crippen LogP contribution in [0.1, 0.15) is 33.1 Å². The van der Waals surface area contributed by atoms with Gasteiger partial charge in [-0.25, -0.2) is 0 Å². The van der Waals surface area contributed by atoms with E-state index in [9.17, 15) is 0 Å². The number of allylic oxidation sites excluding steroid dienone is 2. The summed E-state index contributed by atoms with van der Waals surface area (Å²) in [6.45, 7) is 24.2. The van der Waals surface area contributed by atoms with E-state index in [4.69, 9.17) is 0 Å². The third-order valence-electron chi connectivity index (χ3n) is 6.91. The number of aromatic nitrogens is 2. The molecule has 1 aromatic heterocycles. The van der Waals surface area contributed by atoms with Gasteiger partial charge < -0.3 is 5.32 Å². The predicted octanol–water partition coefficient (Wildman–Crippen LogP) is 3.90. The van der Waals surface area contributed by atoms with Gasteiger partial charge in [0, 0.05) is 45.1 Å². The molecule has 0 bridgehead atoms. The molecular weight excluding hydrogens is 332 g/mol. The maximum absolute atomic E-state index is 4.50. The number of nitrogens with zero attached hydrogens (tertiary/aromatic N) is 3. The van der Waals surface area contributed by atoms with Crippen LogP contribution in [0.2, 0.25) is 0 Å². The Hall–Kier alpha value is -1.65. The summed E-state index contributed by atoms with van der Waals surface area (Å²) in [4.78, 5) is 2.54. The van der Waals surface area contributed by atoms with Gasteiger partial charge in [0.2, 0.25) is 0 Å². The average Bonchev–Trinajstić information content (AvgIpc) is 3.15. The second kappa shape index (κ2) is 8.57. The van der Waals surface area contributed by atoms with Crippen LogP contribution in [-0.4, -0.2) is 47.4 Å². The zero-order valence-electron chi connectivity index (χ0n) is 17.2. The van der Waals surface area contributed by atoms with Crippen molar-refractivity contribution < 1.29 is 0 Å². The lowest BCUT2D eigenvalue weighted by atomic mass is 9.58. The van der Waals surface area contributed by atoms with Gasteiger partial charge in [-0.2, -0.15) is 5.10 Å². The standard InChI is InChI=1S/C23H36N4/c1-18(2)23(5)8-7-21(19(3)16-26-13-10-24-11-14-26)15-22(23)20(4)17-27-12-6-9-25-27/h6,9,12,21-22,24H,1,3-4,7-8,10-11,13-17H2,2,5H3/t21-,22+,23+/m1/s1. The number of piperazine rings is 1. The molecule has 0 unspecified atom stereocenters. The van der Waals surface area contributed by atoms with Gasteiger partial charge in [-0.15, -0.1) is 0 Å². The normalized spacial score (nSPS) is 29.4. The minimum atomic E-state index is 0.121. The van der Waals surface area contributed by atoms with Crippen molar-refractivity contribution in [2.45, 2.75) is 39.7 Å². The van der Waals surface area contributed by atoms with Gasteiger partial charge in [0.25, 0.3) is 0 Å². The van der Waals surface area contributed by atoms with Gasteiger partial charge in [-0.3, -0.25) is 9.58 Å². The highest BCUT2D eigenvalue weighted by Gasteiger charge is 2.42. The van der Waals surface area contributed by atoms with Crippen molar-refractivity contribution in [2.75, 3.05) is 32.7 Å². The molecule has 1 N–H and O–H groups in total. The first-order valence-corrected chi connectivity index (χ1v) is 10.3. The Bertz CT molecular complexity index is 669. The summed E-state index contributed by atoms with van der Waals surface area (Å²) in [6, 6.07) is 1.98. The minimum Gasteiger partial charge on any atom is -0.314 e. The van der Waals surface area contributed by atoms with Crippen molar-refractivity contribution in [1.29, 1.82) is 0 Å². The molecule has 2 heterocycles. The van der Waals surface area contributed by atoms with Crippen LogP contribution in [-0.2, 0) is 6.54 Å². The second-order valence-electron chi connectivity index (χ2n) is 8.77. The topological polar surface area (TPSA) is 33.1 Å². The third-order valence-corrected chi connectivity index (χ3v) is 6.91. The quantitative estimate of drug-likeness (QED) is 0.741. The number of nitrogens with one attached hydrogen (secondary N) is 1. The molecule has 1 saturated carbocycles. The molecule has 27 heavy (non-hydrogen) atoms. The first-order valence-electron chi connectivity index (χ1n) is 10.3. The predicted molar refractivity (Wildman–Crippen MR) is 114 cm³/mol. The van der Waals surface area contributed by atoms with Crippen molar-refractivity contribution in [3.8, 4) is 0 Å². The smallest absolute Gasteiger partial charge is 0.0619 e. The van der Waals surface area contributed by atoms with E-state index in [1.807, 2.05) is 23.1 Å². The van der Waals surface area contributed by atoms with Gasteiger partial charge >= 0.3 is 0 Å². The Morgan fingerprint density at radius 3 is 2.56 bits per heavy atom. The second-order valence-corrected chi connectivity index (χ2v) is 8.77. The monoisotopic (exact) mass is 368 g/mol. The first-order chi connectivity index (χ1) is 12.9. The Labute approximate surface area is 165 Å². The molecule has 4 nitrogen and oxygen atoms in total.